The molecule has 0 radical (unpaired) electrons. The largest absolute Gasteiger partial charge is 0.497 e. The summed E-state index contributed by atoms with van der Waals surface area (Å²) in [6.07, 6.45) is 2.64. The van der Waals surface area contributed by atoms with Gasteiger partial charge in [-0.2, -0.15) is 0 Å². The maximum absolute atomic E-state index is 11.0. The molecule has 0 saturated carbocycles. The molecular formula is C12H15ClO3. The van der Waals surface area contributed by atoms with Crippen molar-refractivity contribution in [2.45, 2.75) is 25.2 Å². The minimum atomic E-state index is -0.721. The van der Waals surface area contributed by atoms with E-state index < -0.39 is 5.97 Å². The van der Waals surface area contributed by atoms with Crippen LogP contribution in [0, 0.1) is 0 Å². The predicted molar refractivity (Wildman–Crippen MR) is 63.6 cm³/mol. The monoisotopic (exact) mass is 242 g/mol. The third-order valence-corrected chi connectivity index (χ3v) is 2.96. The second-order valence-electron chi connectivity index (χ2n) is 3.85. The minimum absolute atomic E-state index is 0. The number of hydrogen-bond donors (Lipinski definition) is 1. The normalized spacial score (nSPS) is 18.2. The molecule has 0 heterocycles. The molecule has 1 aliphatic carbocycles. The predicted octanol–water partition coefficient (Wildman–Crippen LogP) is 2.62. The summed E-state index contributed by atoms with van der Waals surface area (Å²) in [6.45, 7) is 0. The van der Waals surface area contributed by atoms with E-state index in [9.17, 15) is 4.79 Å². The van der Waals surface area contributed by atoms with Crippen molar-refractivity contribution in [2.24, 2.45) is 0 Å². The molecule has 0 aromatic heterocycles. The highest BCUT2D eigenvalue weighted by atomic mass is 35.5. The Labute approximate surface area is 101 Å². The molecule has 0 aliphatic heterocycles. The number of carboxylic acid groups (broad SMARTS) is 1. The lowest BCUT2D eigenvalue weighted by Gasteiger charge is -2.22. The van der Waals surface area contributed by atoms with Crippen LogP contribution in [0.4, 0.5) is 0 Å². The Kier molecular flexibility index (Phi) is 4.19. The molecule has 1 N–H and O–H groups in total. The lowest BCUT2D eigenvalue weighted by molar-refractivity contribution is -0.139. The van der Waals surface area contributed by atoms with Gasteiger partial charge in [0, 0.05) is 0 Å². The van der Waals surface area contributed by atoms with Crippen LogP contribution in [-0.2, 0) is 11.2 Å². The lowest BCUT2D eigenvalue weighted by atomic mass is 9.83. The van der Waals surface area contributed by atoms with Gasteiger partial charge in [0.15, 0.2) is 0 Å². The van der Waals surface area contributed by atoms with Crippen molar-refractivity contribution in [3.63, 3.8) is 0 Å². The van der Waals surface area contributed by atoms with Gasteiger partial charge in [-0.3, -0.25) is 4.79 Å². The fourth-order valence-electron chi connectivity index (χ4n) is 2.17. The van der Waals surface area contributed by atoms with Gasteiger partial charge in [-0.1, -0.05) is 6.07 Å². The Hall–Kier alpha value is -1.22. The highest BCUT2D eigenvalue weighted by molar-refractivity contribution is 5.85. The van der Waals surface area contributed by atoms with Crippen molar-refractivity contribution in [2.75, 3.05) is 7.11 Å². The van der Waals surface area contributed by atoms with Gasteiger partial charge in [0.2, 0.25) is 0 Å². The van der Waals surface area contributed by atoms with Gasteiger partial charge in [-0.15, -0.1) is 12.4 Å². The van der Waals surface area contributed by atoms with Gasteiger partial charge in [-0.05, 0) is 42.5 Å². The van der Waals surface area contributed by atoms with Gasteiger partial charge in [0.25, 0.3) is 0 Å². The first-order valence-electron chi connectivity index (χ1n) is 5.12. The number of aryl methyl sites for hydroxylation is 1. The fourth-order valence-corrected chi connectivity index (χ4v) is 2.17. The highest BCUT2D eigenvalue weighted by Crippen LogP contribution is 2.33. The van der Waals surface area contributed by atoms with Crippen LogP contribution < -0.4 is 4.74 Å². The lowest BCUT2D eigenvalue weighted by Crippen LogP contribution is -2.17. The van der Waals surface area contributed by atoms with E-state index in [4.69, 9.17) is 9.84 Å². The van der Waals surface area contributed by atoms with E-state index in [0.29, 0.717) is 0 Å². The Morgan fingerprint density at radius 3 is 2.88 bits per heavy atom. The molecule has 0 fully saturated rings. The second-order valence-corrected chi connectivity index (χ2v) is 3.85. The molecule has 1 unspecified atom stereocenters. The van der Waals surface area contributed by atoms with Crippen LogP contribution in [0.2, 0.25) is 0 Å². The summed E-state index contributed by atoms with van der Waals surface area (Å²) < 4.78 is 5.13. The first-order valence-corrected chi connectivity index (χ1v) is 5.12. The maximum atomic E-state index is 11.0. The minimum Gasteiger partial charge on any atom is -0.497 e. The van der Waals surface area contributed by atoms with Crippen LogP contribution >= 0.6 is 12.4 Å². The molecule has 4 heteroatoms. The Morgan fingerprint density at radius 2 is 2.25 bits per heavy atom. The summed E-state index contributed by atoms with van der Waals surface area (Å²) in [4.78, 5) is 11.0. The molecule has 1 aromatic carbocycles. The van der Waals surface area contributed by atoms with Crippen molar-refractivity contribution >= 4 is 18.4 Å². The van der Waals surface area contributed by atoms with E-state index in [1.54, 1.807) is 7.11 Å². The Balaban J connectivity index is 0.00000128. The zero-order valence-electron chi connectivity index (χ0n) is 9.10. The van der Waals surface area contributed by atoms with Gasteiger partial charge >= 0.3 is 5.97 Å². The number of benzene rings is 1. The van der Waals surface area contributed by atoms with Crippen molar-refractivity contribution in [1.82, 2.24) is 0 Å². The summed E-state index contributed by atoms with van der Waals surface area (Å²) >= 11 is 0. The molecule has 0 bridgehead atoms. The number of halogens is 1. The van der Waals surface area contributed by atoms with E-state index in [-0.39, 0.29) is 18.3 Å². The van der Waals surface area contributed by atoms with Gasteiger partial charge in [-0.25, -0.2) is 0 Å². The van der Waals surface area contributed by atoms with Gasteiger partial charge < -0.3 is 9.84 Å². The van der Waals surface area contributed by atoms with Crippen LogP contribution in [0.1, 0.15) is 29.9 Å². The molecule has 0 saturated heterocycles. The first kappa shape index (κ1) is 12.8. The van der Waals surface area contributed by atoms with Crippen LogP contribution in [-0.4, -0.2) is 18.2 Å². The van der Waals surface area contributed by atoms with E-state index >= 15 is 0 Å². The third kappa shape index (κ3) is 2.30. The van der Waals surface area contributed by atoms with Crippen LogP contribution in [0.25, 0.3) is 0 Å². The van der Waals surface area contributed by atoms with E-state index in [1.165, 1.54) is 0 Å². The molecule has 1 aliphatic rings. The number of methoxy groups -OCH3 is 1. The molecule has 0 amide bonds. The number of rotatable bonds is 2. The molecule has 3 nitrogen and oxygen atoms in total. The van der Waals surface area contributed by atoms with E-state index in [1.807, 2.05) is 18.2 Å². The Bertz CT molecular complexity index is 390. The van der Waals surface area contributed by atoms with Crippen molar-refractivity contribution in [1.29, 1.82) is 0 Å². The summed E-state index contributed by atoms with van der Waals surface area (Å²) in [5, 5.41) is 9.08. The number of hydrogen-bond acceptors (Lipinski definition) is 2. The summed E-state index contributed by atoms with van der Waals surface area (Å²) in [5.41, 5.74) is 2.07. The van der Waals surface area contributed by atoms with Gasteiger partial charge in [0.1, 0.15) is 5.75 Å². The SMILES string of the molecule is COc1ccc2c(c1)CCCC2C(=O)O.Cl. The van der Waals surface area contributed by atoms with E-state index in [0.717, 1.165) is 36.1 Å². The third-order valence-electron chi connectivity index (χ3n) is 2.96. The first-order chi connectivity index (χ1) is 7.22. The summed E-state index contributed by atoms with van der Waals surface area (Å²) in [7, 11) is 1.62. The van der Waals surface area contributed by atoms with Crippen molar-refractivity contribution in [3.8, 4) is 5.75 Å². The molecule has 16 heavy (non-hydrogen) atoms. The van der Waals surface area contributed by atoms with E-state index in [2.05, 4.69) is 0 Å². The maximum Gasteiger partial charge on any atom is 0.310 e. The van der Waals surface area contributed by atoms with Crippen molar-refractivity contribution < 1.29 is 14.6 Å². The number of carbonyl (C=O) groups is 1. The van der Waals surface area contributed by atoms with Crippen molar-refractivity contribution in [3.05, 3.63) is 29.3 Å². The number of fused-ring (bicyclic) bond motifs is 1. The molecule has 2 rings (SSSR count). The summed E-state index contributed by atoms with van der Waals surface area (Å²) in [5.74, 6) is -0.249. The second kappa shape index (κ2) is 5.21. The number of ether oxygens (including phenoxy) is 1. The smallest absolute Gasteiger partial charge is 0.310 e. The zero-order chi connectivity index (χ0) is 10.8. The van der Waals surface area contributed by atoms with Crippen LogP contribution in [0.15, 0.2) is 18.2 Å². The standard InChI is InChI=1S/C12H14O3.ClH/c1-15-9-5-6-10-8(7-9)3-2-4-11(10)12(13)14;/h5-7,11H,2-4H2,1H3,(H,13,14);1H. The summed E-state index contributed by atoms with van der Waals surface area (Å²) in [6, 6.07) is 5.66. The molecular weight excluding hydrogens is 228 g/mol. The topological polar surface area (TPSA) is 46.5 Å². The number of aliphatic carboxylic acids is 1. The zero-order valence-corrected chi connectivity index (χ0v) is 9.92. The fraction of sp³-hybridized carbons (Fsp3) is 0.417. The average molecular weight is 243 g/mol. The molecule has 0 spiro atoms. The highest BCUT2D eigenvalue weighted by Gasteiger charge is 2.26. The Morgan fingerprint density at radius 1 is 1.50 bits per heavy atom. The van der Waals surface area contributed by atoms with Crippen LogP contribution in [0.3, 0.4) is 0 Å². The average Bonchev–Trinajstić information content (AvgIpc) is 2.27. The number of carboxylic acids is 1. The molecule has 88 valence electrons. The van der Waals surface area contributed by atoms with Gasteiger partial charge in [0.05, 0.1) is 13.0 Å². The molecule has 1 aromatic rings. The molecule has 1 atom stereocenters. The van der Waals surface area contributed by atoms with Crippen LogP contribution in [0.5, 0.6) is 5.75 Å². The quantitative estimate of drug-likeness (QED) is 0.867.